The second-order valence-corrected chi connectivity index (χ2v) is 4.28. The lowest BCUT2D eigenvalue weighted by Crippen LogP contribution is -2.00. The highest BCUT2D eigenvalue weighted by Crippen LogP contribution is 2.29. The predicted molar refractivity (Wildman–Crippen MR) is 69.6 cm³/mol. The number of nitrogens with zero attached hydrogens (tertiary/aromatic N) is 2. The minimum Gasteiger partial charge on any atom is -0.489 e. The molecule has 0 saturated heterocycles. The minimum atomic E-state index is -0.0226. The Hall–Kier alpha value is -2.87. The van der Waals surface area contributed by atoms with E-state index in [1.807, 2.05) is 6.07 Å². The first-order valence-electron chi connectivity index (χ1n) is 6.05. The first-order valence-corrected chi connectivity index (χ1v) is 6.05. The van der Waals surface area contributed by atoms with E-state index in [2.05, 4.69) is 4.98 Å². The lowest BCUT2D eigenvalue weighted by molar-refractivity contribution is 0.0961. The van der Waals surface area contributed by atoms with Crippen LogP contribution in [0.3, 0.4) is 0 Å². The summed E-state index contributed by atoms with van der Waals surface area (Å²) in [7, 11) is 0. The average molecular weight is 266 g/mol. The number of benzene rings is 1. The van der Waals surface area contributed by atoms with Crippen molar-refractivity contribution >= 4 is 5.78 Å². The molecule has 2 heterocycles. The van der Waals surface area contributed by atoms with Gasteiger partial charge in [0.25, 0.3) is 0 Å². The van der Waals surface area contributed by atoms with Gasteiger partial charge in [-0.15, -0.1) is 0 Å². The van der Waals surface area contributed by atoms with Crippen molar-refractivity contribution < 1.29 is 14.3 Å². The van der Waals surface area contributed by atoms with Crippen molar-refractivity contribution in [1.82, 2.24) is 4.98 Å². The standard InChI is InChI=1S/C15H10N2O3/c16-7-13-10(2-1-5-17-13)8-19-11-3-4-12-14(18)9-20-15(12)6-11/h1-6H,8-9H2. The molecule has 1 aromatic heterocycles. The molecule has 0 aliphatic carbocycles. The molecule has 0 spiro atoms. The van der Waals surface area contributed by atoms with Gasteiger partial charge in [0.15, 0.2) is 6.61 Å². The summed E-state index contributed by atoms with van der Waals surface area (Å²) < 4.78 is 10.9. The third kappa shape index (κ3) is 2.19. The Morgan fingerprint density at radius 3 is 3.15 bits per heavy atom. The van der Waals surface area contributed by atoms with Crippen LogP contribution in [0.5, 0.6) is 11.5 Å². The van der Waals surface area contributed by atoms with E-state index in [0.717, 1.165) is 0 Å². The summed E-state index contributed by atoms with van der Waals surface area (Å²) in [4.78, 5) is 15.4. The fourth-order valence-electron chi connectivity index (χ4n) is 1.98. The predicted octanol–water partition coefficient (Wildman–Crippen LogP) is 2.11. The van der Waals surface area contributed by atoms with E-state index in [-0.39, 0.29) is 19.0 Å². The van der Waals surface area contributed by atoms with E-state index in [0.29, 0.717) is 28.3 Å². The van der Waals surface area contributed by atoms with Crippen molar-refractivity contribution in [3.8, 4) is 17.6 Å². The van der Waals surface area contributed by atoms with Crippen molar-refractivity contribution in [2.45, 2.75) is 6.61 Å². The quantitative estimate of drug-likeness (QED) is 0.850. The number of ether oxygens (including phenoxy) is 2. The number of Topliss-reactive ketones (excluding diaryl/α,β-unsaturated/α-hetero) is 1. The van der Waals surface area contributed by atoms with E-state index in [4.69, 9.17) is 14.7 Å². The van der Waals surface area contributed by atoms with Gasteiger partial charge in [0, 0.05) is 17.8 Å². The number of rotatable bonds is 3. The molecule has 0 unspecified atom stereocenters. The van der Waals surface area contributed by atoms with Crippen LogP contribution in [0, 0.1) is 11.3 Å². The van der Waals surface area contributed by atoms with Crippen LogP contribution in [0.15, 0.2) is 36.5 Å². The Morgan fingerprint density at radius 1 is 1.40 bits per heavy atom. The molecule has 0 saturated carbocycles. The Kier molecular flexibility index (Phi) is 3.05. The lowest BCUT2D eigenvalue weighted by atomic mass is 10.1. The Bertz CT molecular complexity index is 719. The van der Waals surface area contributed by atoms with Gasteiger partial charge in [-0.1, -0.05) is 6.07 Å². The summed E-state index contributed by atoms with van der Waals surface area (Å²) in [5, 5.41) is 8.95. The second-order valence-electron chi connectivity index (χ2n) is 4.28. The van der Waals surface area contributed by atoms with E-state index in [9.17, 15) is 4.79 Å². The summed E-state index contributed by atoms with van der Waals surface area (Å²) in [6.45, 7) is 0.323. The lowest BCUT2D eigenvalue weighted by Gasteiger charge is -2.08. The zero-order valence-electron chi connectivity index (χ0n) is 10.5. The molecule has 3 rings (SSSR count). The van der Waals surface area contributed by atoms with Gasteiger partial charge >= 0.3 is 0 Å². The van der Waals surface area contributed by atoms with Crippen molar-refractivity contribution in [2.75, 3.05) is 6.61 Å². The third-order valence-corrected chi connectivity index (χ3v) is 3.00. The number of fused-ring (bicyclic) bond motifs is 1. The van der Waals surface area contributed by atoms with E-state index in [1.165, 1.54) is 0 Å². The molecule has 1 aliphatic heterocycles. The summed E-state index contributed by atoms with van der Waals surface area (Å²) in [5.74, 6) is 1.11. The maximum Gasteiger partial charge on any atom is 0.203 e. The van der Waals surface area contributed by atoms with Crippen molar-refractivity contribution in [3.05, 3.63) is 53.3 Å². The molecule has 0 amide bonds. The van der Waals surface area contributed by atoms with Gasteiger partial charge in [0.05, 0.1) is 5.56 Å². The Morgan fingerprint density at radius 2 is 2.30 bits per heavy atom. The van der Waals surface area contributed by atoms with Crippen molar-refractivity contribution in [3.63, 3.8) is 0 Å². The molecule has 20 heavy (non-hydrogen) atoms. The average Bonchev–Trinajstić information content (AvgIpc) is 2.86. The van der Waals surface area contributed by atoms with Crippen LogP contribution in [0.1, 0.15) is 21.6 Å². The van der Waals surface area contributed by atoms with E-state index >= 15 is 0 Å². The van der Waals surface area contributed by atoms with Gasteiger partial charge in [0.2, 0.25) is 5.78 Å². The van der Waals surface area contributed by atoms with Crippen LogP contribution >= 0.6 is 0 Å². The number of ketones is 1. The highest BCUT2D eigenvalue weighted by atomic mass is 16.5. The zero-order chi connectivity index (χ0) is 13.9. The second kappa shape index (κ2) is 5.02. The topological polar surface area (TPSA) is 72.2 Å². The molecule has 2 aromatic rings. The van der Waals surface area contributed by atoms with Gasteiger partial charge < -0.3 is 9.47 Å². The zero-order valence-corrected chi connectivity index (χ0v) is 10.5. The summed E-state index contributed by atoms with van der Waals surface area (Å²) in [5.41, 5.74) is 1.64. The largest absolute Gasteiger partial charge is 0.489 e. The monoisotopic (exact) mass is 266 g/mol. The number of nitriles is 1. The van der Waals surface area contributed by atoms with Gasteiger partial charge in [-0.25, -0.2) is 4.98 Å². The van der Waals surface area contributed by atoms with Crippen LogP contribution < -0.4 is 9.47 Å². The van der Waals surface area contributed by atoms with Crippen LogP contribution in [-0.2, 0) is 6.61 Å². The summed E-state index contributed by atoms with van der Waals surface area (Å²) in [6, 6.07) is 10.7. The maximum absolute atomic E-state index is 11.4. The van der Waals surface area contributed by atoms with Crippen molar-refractivity contribution in [1.29, 1.82) is 5.26 Å². The van der Waals surface area contributed by atoms with E-state index < -0.39 is 0 Å². The van der Waals surface area contributed by atoms with Crippen molar-refractivity contribution in [2.24, 2.45) is 0 Å². The first-order chi connectivity index (χ1) is 9.78. The highest BCUT2D eigenvalue weighted by molar-refractivity contribution is 6.02. The molecular formula is C15H10N2O3. The number of hydrogen-bond acceptors (Lipinski definition) is 5. The fraction of sp³-hybridized carbons (Fsp3) is 0.133. The van der Waals surface area contributed by atoms with Crippen LogP contribution in [0.2, 0.25) is 0 Å². The molecule has 0 radical (unpaired) electrons. The molecule has 5 heteroatoms. The molecule has 0 fully saturated rings. The Labute approximate surface area is 115 Å². The maximum atomic E-state index is 11.4. The number of carbonyl (C=O) groups excluding carboxylic acids is 1. The fourth-order valence-corrected chi connectivity index (χ4v) is 1.98. The van der Waals surface area contributed by atoms with Gasteiger partial charge in [0.1, 0.15) is 29.9 Å². The number of hydrogen-bond donors (Lipinski definition) is 0. The SMILES string of the molecule is N#Cc1ncccc1COc1ccc2c(c1)OCC2=O. The van der Waals surface area contributed by atoms with Crippen LogP contribution in [0.25, 0.3) is 0 Å². The summed E-state index contributed by atoms with van der Waals surface area (Å²) >= 11 is 0. The molecule has 0 N–H and O–H groups in total. The molecule has 1 aliphatic rings. The van der Waals surface area contributed by atoms with Gasteiger partial charge in [-0.2, -0.15) is 5.26 Å². The number of carbonyl (C=O) groups is 1. The number of aromatic nitrogens is 1. The molecule has 5 nitrogen and oxygen atoms in total. The Balaban J connectivity index is 1.77. The normalized spacial score (nSPS) is 12.4. The number of pyridine rings is 1. The third-order valence-electron chi connectivity index (χ3n) is 3.00. The van der Waals surface area contributed by atoms with E-state index in [1.54, 1.807) is 36.5 Å². The molecular weight excluding hydrogens is 256 g/mol. The highest BCUT2D eigenvalue weighted by Gasteiger charge is 2.21. The minimum absolute atomic E-state index is 0.0226. The molecule has 98 valence electrons. The molecule has 1 aromatic carbocycles. The van der Waals surface area contributed by atoms with Gasteiger partial charge in [-0.3, -0.25) is 4.79 Å². The molecule has 0 atom stereocenters. The summed E-state index contributed by atoms with van der Waals surface area (Å²) in [6.07, 6.45) is 1.57. The first kappa shape index (κ1) is 12.2. The van der Waals surface area contributed by atoms with Gasteiger partial charge in [-0.05, 0) is 18.2 Å². The smallest absolute Gasteiger partial charge is 0.203 e. The van der Waals surface area contributed by atoms with Crippen LogP contribution in [0.4, 0.5) is 0 Å². The molecule has 0 bridgehead atoms. The van der Waals surface area contributed by atoms with Crippen LogP contribution in [-0.4, -0.2) is 17.4 Å².